The maximum atomic E-state index is 13.5. The average molecular weight is 414 g/mol. The van der Waals surface area contributed by atoms with Crippen molar-refractivity contribution in [1.82, 2.24) is 4.90 Å². The second-order valence-corrected chi connectivity index (χ2v) is 8.60. The van der Waals surface area contributed by atoms with E-state index in [0.717, 1.165) is 41.8 Å². The third-order valence-corrected chi connectivity index (χ3v) is 6.05. The lowest BCUT2D eigenvalue weighted by molar-refractivity contribution is 0.175. The Morgan fingerprint density at radius 2 is 1.77 bits per heavy atom. The standard InChI is InChI=1S/C27H31N3O/c1-20-8-6-11-23(18-20)28-27(31)30(19-21-14-16-24(17-15-21)29(2)3)26-13-7-10-22-9-4-5-12-25(22)26/h4-6,8-9,11-12,14-18,26H,7,10,13,19H2,1-3H3,(H,28,31). The summed E-state index contributed by atoms with van der Waals surface area (Å²) >= 11 is 0. The zero-order valence-corrected chi connectivity index (χ0v) is 18.6. The zero-order valence-electron chi connectivity index (χ0n) is 18.6. The molecule has 0 radical (unpaired) electrons. The number of hydrogen-bond donors (Lipinski definition) is 1. The molecule has 0 aromatic heterocycles. The monoisotopic (exact) mass is 413 g/mol. The molecule has 1 atom stereocenters. The predicted molar refractivity (Wildman–Crippen MR) is 129 cm³/mol. The van der Waals surface area contributed by atoms with Crippen LogP contribution in [0.15, 0.2) is 72.8 Å². The van der Waals surface area contributed by atoms with E-state index in [1.807, 2.05) is 50.2 Å². The van der Waals surface area contributed by atoms with Gasteiger partial charge in [0.1, 0.15) is 0 Å². The second kappa shape index (κ2) is 9.25. The maximum Gasteiger partial charge on any atom is 0.322 e. The van der Waals surface area contributed by atoms with Crippen LogP contribution in [0.1, 0.15) is 41.1 Å². The van der Waals surface area contributed by atoms with Gasteiger partial charge in [0.15, 0.2) is 0 Å². The van der Waals surface area contributed by atoms with E-state index in [4.69, 9.17) is 0 Å². The Morgan fingerprint density at radius 1 is 1.00 bits per heavy atom. The van der Waals surface area contributed by atoms with E-state index in [9.17, 15) is 4.79 Å². The van der Waals surface area contributed by atoms with E-state index < -0.39 is 0 Å². The molecule has 4 heteroatoms. The first kappa shape index (κ1) is 21.0. The molecule has 3 aromatic carbocycles. The molecule has 0 aliphatic heterocycles. The van der Waals surface area contributed by atoms with E-state index in [-0.39, 0.29) is 12.1 Å². The summed E-state index contributed by atoms with van der Waals surface area (Å²) in [5.41, 5.74) is 6.89. The van der Waals surface area contributed by atoms with Crippen molar-refractivity contribution in [3.63, 3.8) is 0 Å². The van der Waals surface area contributed by atoms with Crippen molar-refractivity contribution in [2.75, 3.05) is 24.3 Å². The number of benzene rings is 3. The number of amides is 2. The molecule has 4 rings (SSSR count). The van der Waals surface area contributed by atoms with Gasteiger partial charge in [-0.05, 0) is 72.7 Å². The van der Waals surface area contributed by atoms with Gasteiger partial charge in [-0.1, -0.05) is 48.5 Å². The fraction of sp³-hybridized carbons (Fsp3) is 0.296. The average Bonchev–Trinajstić information content (AvgIpc) is 2.77. The number of aryl methyl sites for hydroxylation is 2. The summed E-state index contributed by atoms with van der Waals surface area (Å²) in [5.74, 6) is 0. The van der Waals surface area contributed by atoms with Crippen LogP contribution < -0.4 is 10.2 Å². The Bertz CT molecular complexity index is 1040. The van der Waals surface area contributed by atoms with Gasteiger partial charge < -0.3 is 15.1 Å². The number of rotatable bonds is 5. The third-order valence-electron chi connectivity index (χ3n) is 6.05. The molecule has 0 bridgehead atoms. The van der Waals surface area contributed by atoms with E-state index in [2.05, 4.69) is 58.7 Å². The first-order chi connectivity index (χ1) is 15.0. The Morgan fingerprint density at radius 3 is 2.52 bits per heavy atom. The summed E-state index contributed by atoms with van der Waals surface area (Å²) < 4.78 is 0. The van der Waals surface area contributed by atoms with E-state index in [0.29, 0.717) is 6.54 Å². The quantitative estimate of drug-likeness (QED) is 0.543. The van der Waals surface area contributed by atoms with Gasteiger partial charge in [0, 0.05) is 32.0 Å². The van der Waals surface area contributed by atoms with Gasteiger partial charge in [0.25, 0.3) is 0 Å². The van der Waals surface area contributed by atoms with Crippen molar-refractivity contribution in [2.45, 2.75) is 38.8 Å². The Balaban J connectivity index is 1.64. The van der Waals surface area contributed by atoms with Gasteiger partial charge >= 0.3 is 6.03 Å². The first-order valence-electron chi connectivity index (χ1n) is 11.0. The van der Waals surface area contributed by atoms with Gasteiger partial charge in [-0.2, -0.15) is 0 Å². The molecule has 2 amide bonds. The molecule has 4 nitrogen and oxygen atoms in total. The summed E-state index contributed by atoms with van der Waals surface area (Å²) in [6, 6.07) is 25.0. The fourth-order valence-corrected chi connectivity index (χ4v) is 4.39. The van der Waals surface area contributed by atoms with Crippen molar-refractivity contribution >= 4 is 17.4 Å². The minimum absolute atomic E-state index is 0.0519. The van der Waals surface area contributed by atoms with Crippen LogP contribution in [0.4, 0.5) is 16.2 Å². The second-order valence-electron chi connectivity index (χ2n) is 8.60. The molecule has 0 saturated carbocycles. The summed E-state index contributed by atoms with van der Waals surface area (Å²) in [6.45, 7) is 2.61. The molecule has 160 valence electrons. The molecule has 1 N–H and O–H groups in total. The van der Waals surface area contributed by atoms with Crippen LogP contribution >= 0.6 is 0 Å². The number of carbonyl (C=O) groups is 1. The zero-order chi connectivity index (χ0) is 21.8. The Hall–Kier alpha value is -3.27. The van der Waals surface area contributed by atoms with Crippen LogP contribution in [-0.2, 0) is 13.0 Å². The largest absolute Gasteiger partial charge is 0.378 e. The van der Waals surface area contributed by atoms with E-state index >= 15 is 0 Å². The highest BCUT2D eigenvalue weighted by Gasteiger charge is 2.29. The Kier molecular flexibility index (Phi) is 6.26. The lowest BCUT2D eigenvalue weighted by atomic mass is 9.86. The van der Waals surface area contributed by atoms with E-state index in [1.54, 1.807) is 0 Å². The molecule has 1 aliphatic rings. The molecular weight excluding hydrogens is 382 g/mol. The fourth-order valence-electron chi connectivity index (χ4n) is 4.39. The molecule has 1 unspecified atom stereocenters. The topological polar surface area (TPSA) is 35.6 Å². The van der Waals surface area contributed by atoms with Crippen molar-refractivity contribution < 1.29 is 4.79 Å². The number of nitrogens with one attached hydrogen (secondary N) is 1. The smallest absolute Gasteiger partial charge is 0.322 e. The molecule has 0 heterocycles. The van der Waals surface area contributed by atoms with Gasteiger partial charge in [0.05, 0.1) is 6.04 Å². The van der Waals surface area contributed by atoms with Gasteiger partial charge in [0.2, 0.25) is 0 Å². The maximum absolute atomic E-state index is 13.5. The van der Waals surface area contributed by atoms with Crippen LogP contribution in [-0.4, -0.2) is 25.0 Å². The highest BCUT2D eigenvalue weighted by Crippen LogP contribution is 2.35. The number of hydrogen-bond acceptors (Lipinski definition) is 2. The lowest BCUT2D eigenvalue weighted by Gasteiger charge is -2.36. The number of nitrogens with zero attached hydrogens (tertiary/aromatic N) is 2. The SMILES string of the molecule is Cc1cccc(NC(=O)N(Cc2ccc(N(C)C)cc2)C2CCCc3ccccc32)c1. The van der Waals surface area contributed by atoms with Crippen molar-refractivity contribution in [3.05, 3.63) is 95.1 Å². The number of fused-ring (bicyclic) bond motifs is 1. The van der Waals surface area contributed by atoms with Gasteiger partial charge in [-0.3, -0.25) is 0 Å². The number of urea groups is 1. The molecule has 1 aliphatic carbocycles. The normalized spacial score (nSPS) is 15.1. The van der Waals surface area contributed by atoms with Gasteiger partial charge in [-0.25, -0.2) is 4.79 Å². The summed E-state index contributed by atoms with van der Waals surface area (Å²) in [6.07, 6.45) is 3.15. The number of carbonyl (C=O) groups excluding carboxylic acids is 1. The summed E-state index contributed by atoms with van der Waals surface area (Å²) in [5, 5.41) is 3.14. The molecule has 0 fully saturated rings. The van der Waals surface area contributed by atoms with Gasteiger partial charge in [-0.15, -0.1) is 0 Å². The lowest BCUT2D eigenvalue weighted by Crippen LogP contribution is -2.39. The molecule has 31 heavy (non-hydrogen) atoms. The van der Waals surface area contributed by atoms with Crippen molar-refractivity contribution in [1.29, 1.82) is 0 Å². The summed E-state index contributed by atoms with van der Waals surface area (Å²) in [4.78, 5) is 17.6. The predicted octanol–water partition coefficient (Wildman–Crippen LogP) is 6.17. The van der Waals surface area contributed by atoms with Crippen LogP contribution in [0.2, 0.25) is 0 Å². The summed E-state index contributed by atoms with van der Waals surface area (Å²) in [7, 11) is 4.07. The highest BCUT2D eigenvalue weighted by atomic mass is 16.2. The van der Waals surface area contributed by atoms with E-state index in [1.165, 1.54) is 11.1 Å². The third kappa shape index (κ3) is 4.91. The van der Waals surface area contributed by atoms with Crippen LogP contribution in [0.5, 0.6) is 0 Å². The molecule has 3 aromatic rings. The van der Waals surface area contributed by atoms with Crippen LogP contribution in [0.3, 0.4) is 0 Å². The first-order valence-corrected chi connectivity index (χ1v) is 11.0. The molecule has 0 spiro atoms. The minimum atomic E-state index is -0.0519. The van der Waals surface area contributed by atoms with Crippen molar-refractivity contribution in [2.24, 2.45) is 0 Å². The minimum Gasteiger partial charge on any atom is -0.378 e. The Labute approximate surface area is 185 Å². The van der Waals surface area contributed by atoms with Crippen LogP contribution in [0.25, 0.3) is 0 Å². The van der Waals surface area contributed by atoms with Crippen molar-refractivity contribution in [3.8, 4) is 0 Å². The molecule has 0 saturated heterocycles. The molecular formula is C27H31N3O. The van der Waals surface area contributed by atoms with Crippen LogP contribution in [0, 0.1) is 6.92 Å². The number of anilines is 2. The highest BCUT2D eigenvalue weighted by molar-refractivity contribution is 5.89.